The van der Waals surface area contributed by atoms with E-state index in [0.717, 1.165) is 25.8 Å². The summed E-state index contributed by atoms with van der Waals surface area (Å²) in [6.07, 6.45) is 4.59. The Balaban J connectivity index is 2.03. The molecule has 0 radical (unpaired) electrons. The molecule has 1 atom stereocenters. The van der Waals surface area contributed by atoms with Crippen molar-refractivity contribution in [2.45, 2.75) is 45.6 Å². The Morgan fingerprint density at radius 2 is 2.00 bits per heavy atom. The molecule has 0 aliphatic carbocycles. The van der Waals surface area contributed by atoms with Gasteiger partial charge in [0.25, 0.3) is 5.17 Å². The summed E-state index contributed by atoms with van der Waals surface area (Å²) in [4.78, 5) is 0. The normalized spacial score (nSPS) is 11.9. The zero-order chi connectivity index (χ0) is 13.2. The van der Waals surface area contributed by atoms with Crippen LogP contribution in [0.15, 0.2) is 30.3 Å². The summed E-state index contributed by atoms with van der Waals surface area (Å²) in [5, 5.41) is 3.67. The molecular formula is C15H23NOS. The molecule has 1 N–H and O–H groups in total. The van der Waals surface area contributed by atoms with E-state index in [4.69, 9.17) is 17.0 Å². The molecule has 2 nitrogen and oxygen atoms in total. The second-order valence-corrected chi connectivity index (χ2v) is 4.86. The van der Waals surface area contributed by atoms with Crippen molar-refractivity contribution in [3.63, 3.8) is 0 Å². The van der Waals surface area contributed by atoms with Crippen LogP contribution in [0.3, 0.4) is 0 Å². The van der Waals surface area contributed by atoms with E-state index in [2.05, 4.69) is 42.6 Å². The largest absolute Gasteiger partial charge is 0.468 e. The van der Waals surface area contributed by atoms with Crippen LogP contribution in [0.1, 0.15) is 38.7 Å². The lowest BCUT2D eigenvalue weighted by molar-refractivity contribution is 0.200. The maximum atomic E-state index is 5.48. The van der Waals surface area contributed by atoms with E-state index >= 15 is 0 Å². The van der Waals surface area contributed by atoms with Crippen LogP contribution in [-0.4, -0.2) is 17.8 Å². The number of ether oxygens (including phenoxy) is 1. The minimum atomic E-state index is 0.203. The predicted octanol–water partition coefficient (Wildman–Crippen LogP) is 3.70. The van der Waals surface area contributed by atoms with Crippen molar-refractivity contribution < 1.29 is 4.74 Å². The third-order valence-corrected chi connectivity index (χ3v) is 3.13. The van der Waals surface area contributed by atoms with Gasteiger partial charge < -0.3 is 10.1 Å². The number of hydrogen-bond donors (Lipinski definition) is 1. The first kappa shape index (κ1) is 15.0. The molecule has 1 rings (SSSR count). The van der Waals surface area contributed by atoms with Crippen molar-refractivity contribution in [3.8, 4) is 0 Å². The molecule has 0 fully saturated rings. The van der Waals surface area contributed by atoms with Crippen LogP contribution >= 0.6 is 12.2 Å². The van der Waals surface area contributed by atoms with Crippen LogP contribution in [0.5, 0.6) is 0 Å². The summed E-state index contributed by atoms with van der Waals surface area (Å²) in [6, 6.07) is 10.6. The van der Waals surface area contributed by atoms with Gasteiger partial charge in [0.05, 0.1) is 6.10 Å². The van der Waals surface area contributed by atoms with Gasteiger partial charge in [0, 0.05) is 6.54 Å². The highest BCUT2D eigenvalue weighted by molar-refractivity contribution is 7.80. The first-order chi connectivity index (χ1) is 8.72. The van der Waals surface area contributed by atoms with Crippen LogP contribution in [-0.2, 0) is 11.2 Å². The number of aryl methyl sites for hydroxylation is 1. The number of thiocarbonyl (C=S) groups is 1. The monoisotopic (exact) mass is 265 g/mol. The van der Waals surface area contributed by atoms with Crippen LogP contribution in [0, 0.1) is 0 Å². The van der Waals surface area contributed by atoms with Gasteiger partial charge in [-0.25, -0.2) is 0 Å². The predicted molar refractivity (Wildman–Crippen MR) is 80.8 cm³/mol. The average Bonchev–Trinajstić information content (AvgIpc) is 2.39. The van der Waals surface area contributed by atoms with Crippen molar-refractivity contribution >= 4 is 17.4 Å². The highest BCUT2D eigenvalue weighted by Gasteiger charge is 2.02. The second-order valence-electron chi connectivity index (χ2n) is 4.49. The van der Waals surface area contributed by atoms with Gasteiger partial charge in [0.15, 0.2) is 0 Å². The smallest absolute Gasteiger partial charge is 0.256 e. The van der Waals surface area contributed by atoms with E-state index in [1.165, 1.54) is 12.0 Å². The standard InChI is InChI=1S/C15H23NOS/c1-3-13(2)17-15(18)16-12-8-7-11-14-9-5-4-6-10-14/h4-6,9-10,13H,3,7-8,11-12H2,1-2H3,(H,16,18). The van der Waals surface area contributed by atoms with Gasteiger partial charge in [-0.1, -0.05) is 37.3 Å². The third kappa shape index (κ3) is 6.60. The minimum Gasteiger partial charge on any atom is -0.468 e. The zero-order valence-corrected chi connectivity index (χ0v) is 12.1. The fourth-order valence-electron chi connectivity index (χ4n) is 1.60. The molecule has 0 saturated carbocycles. The van der Waals surface area contributed by atoms with E-state index in [0.29, 0.717) is 5.17 Å². The molecular weight excluding hydrogens is 242 g/mol. The highest BCUT2D eigenvalue weighted by atomic mass is 32.1. The molecule has 0 heterocycles. The van der Waals surface area contributed by atoms with Crippen molar-refractivity contribution in [1.82, 2.24) is 5.32 Å². The Labute approximate surface area is 116 Å². The molecule has 0 aliphatic rings. The molecule has 0 amide bonds. The Hall–Kier alpha value is -1.09. The van der Waals surface area contributed by atoms with Crippen LogP contribution in [0.25, 0.3) is 0 Å². The molecule has 0 bridgehead atoms. The first-order valence-electron chi connectivity index (χ1n) is 6.70. The molecule has 18 heavy (non-hydrogen) atoms. The summed E-state index contributed by atoms with van der Waals surface area (Å²) in [7, 11) is 0. The van der Waals surface area contributed by atoms with E-state index in [1.54, 1.807) is 0 Å². The summed E-state index contributed by atoms with van der Waals surface area (Å²) in [6.45, 7) is 5.01. The number of unbranched alkanes of at least 4 members (excludes halogenated alkanes) is 1. The van der Waals surface area contributed by atoms with Crippen LogP contribution in [0.2, 0.25) is 0 Å². The topological polar surface area (TPSA) is 21.3 Å². The lowest BCUT2D eigenvalue weighted by Gasteiger charge is -2.14. The number of rotatable bonds is 7. The second kappa shape index (κ2) is 8.92. The van der Waals surface area contributed by atoms with Crippen molar-refractivity contribution in [2.75, 3.05) is 6.54 Å². The van der Waals surface area contributed by atoms with Gasteiger partial charge in [-0.3, -0.25) is 0 Å². The average molecular weight is 265 g/mol. The summed E-state index contributed by atoms with van der Waals surface area (Å²) >= 11 is 5.11. The highest BCUT2D eigenvalue weighted by Crippen LogP contribution is 2.04. The van der Waals surface area contributed by atoms with E-state index in [-0.39, 0.29) is 6.10 Å². The van der Waals surface area contributed by atoms with Gasteiger partial charge in [0.1, 0.15) is 0 Å². The van der Waals surface area contributed by atoms with Gasteiger partial charge >= 0.3 is 0 Å². The van der Waals surface area contributed by atoms with Crippen molar-refractivity contribution in [3.05, 3.63) is 35.9 Å². The minimum absolute atomic E-state index is 0.203. The summed E-state index contributed by atoms with van der Waals surface area (Å²) < 4.78 is 5.48. The maximum Gasteiger partial charge on any atom is 0.256 e. The lowest BCUT2D eigenvalue weighted by atomic mass is 10.1. The summed E-state index contributed by atoms with van der Waals surface area (Å²) in [5.74, 6) is 0. The number of hydrogen-bond acceptors (Lipinski definition) is 2. The van der Waals surface area contributed by atoms with Gasteiger partial charge in [-0.15, -0.1) is 0 Å². The van der Waals surface area contributed by atoms with Crippen LogP contribution < -0.4 is 5.32 Å². The summed E-state index contributed by atoms with van der Waals surface area (Å²) in [5.41, 5.74) is 1.40. The van der Waals surface area contributed by atoms with Gasteiger partial charge in [-0.05, 0) is 50.4 Å². The Morgan fingerprint density at radius 1 is 1.28 bits per heavy atom. The fourth-order valence-corrected chi connectivity index (χ4v) is 1.86. The molecule has 0 aromatic heterocycles. The van der Waals surface area contributed by atoms with Crippen molar-refractivity contribution in [1.29, 1.82) is 0 Å². The van der Waals surface area contributed by atoms with Gasteiger partial charge in [-0.2, -0.15) is 0 Å². The van der Waals surface area contributed by atoms with E-state index < -0.39 is 0 Å². The van der Waals surface area contributed by atoms with E-state index in [1.807, 2.05) is 6.92 Å². The van der Waals surface area contributed by atoms with Crippen LogP contribution in [0.4, 0.5) is 0 Å². The third-order valence-electron chi connectivity index (χ3n) is 2.89. The fraction of sp³-hybridized carbons (Fsp3) is 0.533. The molecule has 1 aromatic rings. The molecule has 0 aliphatic heterocycles. The Bertz CT molecular complexity index is 340. The zero-order valence-electron chi connectivity index (χ0n) is 11.3. The Kier molecular flexibility index (Phi) is 7.42. The lowest BCUT2D eigenvalue weighted by Crippen LogP contribution is -2.28. The van der Waals surface area contributed by atoms with E-state index in [9.17, 15) is 0 Å². The molecule has 3 heteroatoms. The van der Waals surface area contributed by atoms with Gasteiger partial charge in [0.2, 0.25) is 0 Å². The first-order valence-corrected chi connectivity index (χ1v) is 7.11. The molecule has 1 unspecified atom stereocenters. The molecule has 0 spiro atoms. The van der Waals surface area contributed by atoms with Crippen molar-refractivity contribution in [2.24, 2.45) is 0 Å². The molecule has 0 saturated heterocycles. The maximum absolute atomic E-state index is 5.48. The molecule has 100 valence electrons. The quantitative estimate of drug-likeness (QED) is 0.600. The number of benzene rings is 1. The Morgan fingerprint density at radius 3 is 2.67 bits per heavy atom. The molecule has 1 aromatic carbocycles. The number of nitrogens with one attached hydrogen (secondary N) is 1. The SMILES string of the molecule is CCC(C)OC(=S)NCCCCc1ccccc1.